The molecule has 0 saturated heterocycles. The Hall–Kier alpha value is -1.59. The van der Waals surface area contributed by atoms with Gasteiger partial charge in [0.1, 0.15) is 6.61 Å². The van der Waals surface area contributed by atoms with Crippen molar-refractivity contribution in [3.63, 3.8) is 0 Å². The molecule has 0 aliphatic carbocycles. The number of benzene rings is 1. The molecule has 1 aromatic carbocycles. The number of aliphatic hydroxyl groups excluding tert-OH is 2. The van der Waals surface area contributed by atoms with Gasteiger partial charge in [-0.05, 0) is 32.3 Å². The Balaban J connectivity index is 2.37. The lowest BCUT2D eigenvalue weighted by Crippen LogP contribution is -2.46. The van der Waals surface area contributed by atoms with Gasteiger partial charge in [-0.25, -0.2) is 4.79 Å². The van der Waals surface area contributed by atoms with Gasteiger partial charge in [0, 0.05) is 12.1 Å². The number of ether oxygens (including phenoxy) is 1. The van der Waals surface area contributed by atoms with E-state index in [1.54, 1.807) is 13.8 Å². The van der Waals surface area contributed by atoms with E-state index < -0.39 is 17.7 Å². The second-order valence-electron chi connectivity index (χ2n) is 5.44. The van der Waals surface area contributed by atoms with Crippen LogP contribution in [-0.2, 0) is 11.3 Å². The molecule has 1 atom stereocenters. The Bertz CT molecular complexity index is 406. The van der Waals surface area contributed by atoms with Gasteiger partial charge in [-0.2, -0.15) is 0 Å². The van der Waals surface area contributed by atoms with E-state index in [2.05, 4.69) is 5.32 Å². The molecular weight excluding hydrogens is 258 g/mol. The van der Waals surface area contributed by atoms with Crippen molar-refractivity contribution in [1.29, 1.82) is 0 Å². The molecular formula is C15H23NO4. The fourth-order valence-electron chi connectivity index (χ4n) is 1.93. The van der Waals surface area contributed by atoms with Crippen LogP contribution in [0.1, 0.15) is 32.3 Å². The number of hydrogen-bond donors (Lipinski definition) is 3. The standard InChI is InChI=1S/C15H23NO4/c1-15(2,10-13(18)8-9-17)16-14(19)20-11-12-6-4-3-5-7-12/h3-7,13,17-18H,8-11H2,1-2H3,(H,16,19). The first-order chi connectivity index (χ1) is 9.43. The molecule has 0 saturated carbocycles. The first kappa shape index (κ1) is 16.5. The number of carbonyl (C=O) groups is 1. The van der Waals surface area contributed by atoms with Crippen LogP contribution in [0.15, 0.2) is 30.3 Å². The Morgan fingerprint density at radius 3 is 2.60 bits per heavy atom. The molecule has 3 N–H and O–H groups in total. The zero-order chi connectivity index (χ0) is 15.0. The average molecular weight is 281 g/mol. The first-order valence-electron chi connectivity index (χ1n) is 6.71. The zero-order valence-electron chi connectivity index (χ0n) is 12.0. The molecule has 0 heterocycles. The minimum absolute atomic E-state index is 0.0737. The van der Waals surface area contributed by atoms with Gasteiger partial charge in [-0.15, -0.1) is 0 Å². The van der Waals surface area contributed by atoms with Crippen LogP contribution in [0, 0.1) is 0 Å². The van der Waals surface area contributed by atoms with Gasteiger partial charge >= 0.3 is 6.09 Å². The van der Waals surface area contributed by atoms with Crippen molar-refractivity contribution in [3.05, 3.63) is 35.9 Å². The van der Waals surface area contributed by atoms with Crippen LogP contribution in [0.4, 0.5) is 4.79 Å². The third-order valence-electron chi connectivity index (χ3n) is 2.86. The second kappa shape index (κ2) is 7.87. The monoisotopic (exact) mass is 281 g/mol. The van der Waals surface area contributed by atoms with E-state index in [0.29, 0.717) is 12.8 Å². The lowest BCUT2D eigenvalue weighted by Gasteiger charge is -2.28. The van der Waals surface area contributed by atoms with Gasteiger partial charge in [-0.3, -0.25) is 0 Å². The van der Waals surface area contributed by atoms with Gasteiger partial charge < -0.3 is 20.3 Å². The summed E-state index contributed by atoms with van der Waals surface area (Å²) in [4.78, 5) is 11.7. The maximum Gasteiger partial charge on any atom is 0.407 e. The van der Waals surface area contributed by atoms with E-state index in [4.69, 9.17) is 9.84 Å². The normalized spacial score (nSPS) is 12.8. The molecule has 1 aromatic rings. The van der Waals surface area contributed by atoms with Crippen LogP contribution in [0.5, 0.6) is 0 Å². The van der Waals surface area contributed by atoms with Crippen molar-refractivity contribution < 1.29 is 19.7 Å². The van der Waals surface area contributed by atoms with Gasteiger partial charge in [-0.1, -0.05) is 30.3 Å². The number of alkyl carbamates (subject to hydrolysis) is 1. The molecule has 20 heavy (non-hydrogen) atoms. The molecule has 5 heteroatoms. The van der Waals surface area contributed by atoms with E-state index in [1.807, 2.05) is 30.3 Å². The van der Waals surface area contributed by atoms with Gasteiger partial charge in [0.05, 0.1) is 6.10 Å². The predicted molar refractivity (Wildman–Crippen MR) is 76.2 cm³/mol. The van der Waals surface area contributed by atoms with Crippen molar-refractivity contribution in [2.24, 2.45) is 0 Å². The summed E-state index contributed by atoms with van der Waals surface area (Å²) < 4.78 is 5.12. The molecule has 1 unspecified atom stereocenters. The van der Waals surface area contributed by atoms with Crippen LogP contribution in [-0.4, -0.2) is 34.6 Å². The van der Waals surface area contributed by atoms with E-state index >= 15 is 0 Å². The molecule has 1 rings (SSSR count). The lowest BCUT2D eigenvalue weighted by atomic mass is 9.95. The second-order valence-corrected chi connectivity index (χ2v) is 5.44. The Kier molecular flexibility index (Phi) is 6.48. The molecule has 0 aliphatic heterocycles. The summed E-state index contributed by atoms with van der Waals surface area (Å²) in [6, 6.07) is 9.42. The van der Waals surface area contributed by atoms with E-state index in [-0.39, 0.29) is 13.2 Å². The summed E-state index contributed by atoms with van der Waals surface area (Å²) in [5.74, 6) is 0. The van der Waals surface area contributed by atoms with Crippen LogP contribution >= 0.6 is 0 Å². The summed E-state index contributed by atoms with van der Waals surface area (Å²) in [7, 11) is 0. The highest BCUT2D eigenvalue weighted by atomic mass is 16.5. The number of hydrogen-bond acceptors (Lipinski definition) is 4. The quantitative estimate of drug-likeness (QED) is 0.712. The van der Waals surface area contributed by atoms with Crippen LogP contribution in [0.3, 0.4) is 0 Å². The summed E-state index contributed by atoms with van der Waals surface area (Å²) >= 11 is 0. The number of aliphatic hydroxyl groups is 2. The SMILES string of the molecule is CC(C)(CC(O)CCO)NC(=O)OCc1ccccc1. The fraction of sp³-hybridized carbons (Fsp3) is 0.533. The third kappa shape index (κ3) is 6.54. The summed E-state index contributed by atoms with van der Waals surface area (Å²) in [5.41, 5.74) is 0.322. The topological polar surface area (TPSA) is 78.8 Å². The number of rotatable bonds is 7. The Labute approximate surface area is 119 Å². The molecule has 112 valence electrons. The highest BCUT2D eigenvalue weighted by Crippen LogP contribution is 2.14. The summed E-state index contributed by atoms with van der Waals surface area (Å²) in [6.45, 7) is 3.74. The Morgan fingerprint density at radius 2 is 2.00 bits per heavy atom. The highest BCUT2D eigenvalue weighted by Gasteiger charge is 2.24. The molecule has 0 aliphatic rings. The maximum atomic E-state index is 11.7. The number of nitrogens with one attached hydrogen (secondary N) is 1. The van der Waals surface area contributed by atoms with E-state index in [9.17, 15) is 9.90 Å². The maximum absolute atomic E-state index is 11.7. The van der Waals surface area contributed by atoms with E-state index in [1.165, 1.54) is 0 Å². The van der Waals surface area contributed by atoms with Crippen LogP contribution < -0.4 is 5.32 Å². The van der Waals surface area contributed by atoms with Gasteiger partial charge in [0.2, 0.25) is 0 Å². The molecule has 0 aromatic heterocycles. The number of carbonyl (C=O) groups excluding carboxylic acids is 1. The summed E-state index contributed by atoms with van der Waals surface area (Å²) in [5, 5.41) is 21.1. The van der Waals surface area contributed by atoms with Crippen molar-refractivity contribution in [3.8, 4) is 0 Å². The average Bonchev–Trinajstić information content (AvgIpc) is 2.36. The van der Waals surface area contributed by atoms with Crippen molar-refractivity contribution in [2.45, 2.75) is 44.9 Å². The van der Waals surface area contributed by atoms with Crippen LogP contribution in [0.25, 0.3) is 0 Å². The largest absolute Gasteiger partial charge is 0.445 e. The molecule has 5 nitrogen and oxygen atoms in total. The smallest absolute Gasteiger partial charge is 0.407 e. The highest BCUT2D eigenvalue weighted by molar-refractivity contribution is 5.68. The minimum Gasteiger partial charge on any atom is -0.445 e. The molecule has 1 amide bonds. The van der Waals surface area contributed by atoms with Gasteiger partial charge in [0.25, 0.3) is 0 Å². The van der Waals surface area contributed by atoms with Crippen LogP contribution in [0.2, 0.25) is 0 Å². The Morgan fingerprint density at radius 1 is 1.35 bits per heavy atom. The molecule has 0 spiro atoms. The molecule has 0 fully saturated rings. The fourth-order valence-corrected chi connectivity index (χ4v) is 1.93. The number of amides is 1. The third-order valence-corrected chi connectivity index (χ3v) is 2.86. The van der Waals surface area contributed by atoms with E-state index in [0.717, 1.165) is 5.56 Å². The van der Waals surface area contributed by atoms with Crippen molar-refractivity contribution in [1.82, 2.24) is 5.32 Å². The minimum atomic E-state index is -0.649. The van der Waals surface area contributed by atoms with Crippen molar-refractivity contribution in [2.75, 3.05) is 6.61 Å². The van der Waals surface area contributed by atoms with Crippen molar-refractivity contribution >= 4 is 6.09 Å². The predicted octanol–water partition coefficient (Wildman–Crippen LogP) is 1.82. The lowest BCUT2D eigenvalue weighted by molar-refractivity contribution is 0.0896. The molecule has 0 bridgehead atoms. The molecule has 0 radical (unpaired) electrons. The van der Waals surface area contributed by atoms with Gasteiger partial charge in [0.15, 0.2) is 0 Å². The zero-order valence-corrected chi connectivity index (χ0v) is 12.0. The first-order valence-corrected chi connectivity index (χ1v) is 6.71. The summed E-state index contributed by atoms with van der Waals surface area (Å²) in [6.07, 6.45) is -0.516.